The number of rotatable bonds is 7. The molecule has 0 heterocycles. The van der Waals surface area contributed by atoms with E-state index in [0.717, 1.165) is 36.7 Å². The van der Waals surface area contributed by atoms with Crippen molar-refractivity contribution in [1.82, 2.24) is 0 Å². The highest BCUT2D eigenvalue weighted by atomic mass is 79.9. The molecule has 0 aliphatic rings. The summed E-state index contributed by atoms with van der Waals surface area (Å²) in [5.74, 6) is 0. The highest BCUT2D eigenvalue weighted by molar-refractivity contribution is 9.09. The van der Waals surface area contributed by atoms with Crippen molar-refractivity contribution in [1.29, 1.82) is 0 Å². The predicted molar refractivity (Wildman–Crippen MR) is 77.0 cm³/mol. The summed E-state index contributed by atoms with van der Waals surface area (Å²) in [7, 11) is 1.60. The van der Waals surface area contributed by atoms with Crippen LogP contribution in [0, 0.1) is 0 Å². The first-order valence-electron chi connectivity index (χ1n) is 6.07. The van der Waals surface area contributed by atoms with Crippen molar-refractivity contribution in [2.24, 2.45) is 5.16 Å². The Hall–Kier alpha value is -0.830. The van der Waals surface area contributed by atoms with Crippen molar-refractivity contribution in [2.45, 2.75) is 32.6 Å². The molecule has 1 rings (SSSR count). The molecule has 0 aromatic heterocycles. The van der Waals surface area contributed by atoms with Gasteiger partial charge in [-0.15, -0.1) is 0 Å². The smallest absolute Gasteiger partial charge is 0.106 e. The number of halogens is 1. The Morgan fingerprint density at radius 1 is 1.24 bits per heavy atom. The third kappa shape index (κ3) is 4.90. The van der Waals surface area contributed by atoms with Gasteiger partial charge in [0.2, 0.25) is 0 Å². The number of nitrogens with zero attached hydrogens (tertiary/aromatic N) is 1. The van der Waals surface area contributed by atoms with Crippen LogP contribution in [0.1, 0.15) is 37.3 Å². The minimum absolute atomic E-state index is 0.963. The third-order valence-corrected chi connectivity index (χ3v) is 3.25. The summed E-state index contributed by atoms with van der Waals surface area (Å²) in [6.45, 7) is 2.16. The summed E-state index contributed by atoms with van der Waals surface area (Å²) < 4.78 is 0. The molecule has 0 fully saturated rings. The van der Waals surface area contributed by atoms with Crippen LogP contribution in [0.15, 0.2) is 29.4 Å². The number of unbranched alkanes of at least 4 members (excludes halogenated alkanes) is 1. The van der Waals surface area contributed by atoms with Crippen LogP contribution in [0.25, 0.3) is 0 Å². The summed E-state index contributed by atoms with van der Waals surface area (Å²) in [6, 6.07) is 8.58. The molecule has 0 aliphatic carbocycles. The highest BCUT2D eigenvalue weighted by Gasteiger charge is 2.04. The zero-order valence-electron chi connectivity index (χ0n) is 10.6. The minimum Gasteiger partial charge on any atom is -0.399 e. The molecule has 2 nitrogen and oxygen atoms in total. The maximum Gasteiger partial charge on any atom is 0.106 e. The van der Waals surface area contributed by atoms with Crippen LogP contribution in [0.4, 0.5) is 0 Å². The molecule has 94 valence electrons. The zero-order chi connectivity index (χ0) is 12.5. The molecule has 0 bridgehead atoms. The molecule has 0 spiro atoms. The fourth-order valence-electron chi connectivity index (χ4n) is 1.67. The number of alkyl halides is 1. The average Bonchev–Trinajstić information content (AvgIpc) is 2.38. The van der Waals surface area contributed by atoms with Crippen molar-refractivity contribution in [2.75, 3.05) is 12.4 Å². The summed E-state index contributed by atoms with van der Waals surface area (Å²) in [6.07, 6.45) is 4.32. The fourth-order valence-corrected chi connectivity index (χ4v) is 2.07. The topological polar surface area (TPSA) is 21.6 Å². The van der Waals surface area contributed by atoms with E-state index < -0.39 is 0 Å². The molecule has 1 aromatic carbocycles. The first kappa shape index (κ1) is 14.2. The van der Waals surface area contributed by atoms with Gasteiger partial charge in [0, 0.05) is 5.33 Å². The van der Waals surface area contributed by atoms with Gasteiger partial charge in [-0.2, -0.15) is 0 Å². The molecule has 3 heteroatoms. The van der Waals surface area contributed by atoms with E-state index in [1.165, 1.54) is 11.1 Å². The second-order valence-electron chi connectivity index (χ2n) is 3.92. The van der Waals surface area contributed by atoms with Crippen LogP contribution in [0.2, 0.25) is 0 Å². The molecule has 0 saturated carbocycles. The van der Waals surface area contributed by atoms with Gasteiger partial charge in [0.25, 0.3) is 0 Å². The Kier molecular flexibility index (Phi) is 6.94. The van der Waals surface area contributed by atoms with E-state index in [-0.39, 0.29) is 0 Å². The Labute approximate surface area is 112 Å². The van der Waals surface area contributed by atoms with Gasteiger partial charge in [0.15, 0.2) is 0 Å². The van der Waals surface area contributed by atoms with Crippen LogP contribution < -0.4 is 0 Å². The number of oxime groups is 1. The molecule has 1 aromatic rings. The van der Waals surface area contributed by atoms with E-state index in [9.17, 15) is 0 Å². The standard InChI is InChI=1S/C14H20BrNO/c1-3-12-7-9-13(10-8-12)14(16-17-2)6-4-5-11-15/h7-10H,3-6,11H2,1-2H3. The lowest BCUT2D eigenvalue weighted by atomic mass is 10.0. The molecule has 0 radical (unpaired) electrons. The molecular formula is C14H20BrNO. The summed E-state index contributed by atoms with van der Waals surface area (Å²) >= 11 is 3.44. The molecule has 0 amide bonds. The molecule has 0 aliphatic heterocycles. The first-order valence-corrected chi connectivity index (χ1v) is 7.19. The van der Waals surface area contributed by atoms with E-state index in [4.69, 9.17) is 4.84 Å². The van der Waals surface area contributed by atoms with E-state index in [2.05, 4.69) is 52.3 Å². The largest absolute Gasteiger partial charge is 0.399 e. The van der Waals surface area contributed by atoms with Gasteiger partial charge < -0.3 is 4.84 Å². The summed E-state index contributed by atoms with van der Waals surface area (Å²) in [5.41, 5.74) is 3.56. The van der Waals surface area contributed by atoms with Gasteiger partial charge in [-0.1, -0.05) is 52.3 Å². The Bertz CT molecular complexity index is 346. The predicted octanol–water partition coefficient (Wildman–Crippen LogP) is 4.16. The second kappa shape index (κ2) is 8.29. The lowest BCUT2D eigenvalue weighted by Crippen LogP contribution is -2.02. The Morgan fingerprint density at radius 3 is 2.47 bits per heavy atom. The van der Waals surface area contributed by atoms with Crippen LogP contribution in [0.3, 0.4) is 0 Å². The number of benzene rings is 1. The van der Waals surface area contributed by atoms with Gasteiger partial charge in [0.1, 0.15) is 7.11 Å². The minimum atomic E-state index is 0.963. The lowest BCUT2D eigenvalue weighted by Gasteiger charge is -2.06. The van der Waals surface area contributed by atoms with Gasteiger partial charge in [-0.3, -0.25) is 0 Å². The van der Waals surface area contributed by atoms with Crippen LogP contribution in [-0.2, 0) is 11.3 Å². The maximum atomic E-state index is 4.92. The van der Waals surface area contributed by atoms with E-state index in [1.807, 2.05) is 0 Å². The van der Waals surface area contributed by atoms with Crippen LogP contribution in [-0.4, -0.2) is 18.2 Å². The quantitative estimate of drug-likeness (QED) is 0.320. The molecule has 0 saturated heterocycles. The summed E-state index contributed by atoms with van der Waals surface area (Å²) in [5, 5.41) is 5.17. The van der Waals surface area contributed by atoms with Gasteiger partial charge >= 0.3 is 0 Å². The van der Waals surface area contributed by atoms with Crippen LogP contribution in [0.5, 0.6) is 0 Å². The molecule has 0 unspecified atom stereocenters. The normalized spacial score (nSPS) is 11.6. The van der Waals surface area contributed by atoms with E-state index in [0.29, 0.717) is 0 Å². The number of aryl methyl sites for hydroxylation is 1. The van der Waals surface area contributed by atoms with Crippen molar-refractivity contribution < 1.29 is 4.84 Å². The maximum absolute atomic E-state index is 4.92. The summed E-state index contributed by atoms with van der Waals surface area (Å²) in [4.78, 5) is 4.92. The first-order chi connectivity index (χ1) is 8.31. The van der Waals surface area contributed by atoms with Crippen LogP contribution >= 0.6 is 15.9 Å². The van der Waals surface area contributed by atoms with Gasteiger partial charge in [-0.25, -0.2) is 0 Å². The third-order valence-electron chi connectivity index (χ3n) is 2.69. The zero-order valence-corrected chi connectivity index (χ0v) is 12.2. The van der Waals surface area contributed by atoms with E-state index >= 15 is 0 Å². The molecule has 0 N–H and O–H groups in total. The monoisotopic (exact) mass is 297 g/mol. The van der Waals surface area contributed by atoms with Crippen molar-refractivity contribution in [3.63, 3.8) is 0 Å². The average molecular weight is 298 g/mol. The van der Waals surface area contributed by atoms with Crippen molar-refractivity contribution >= 4 is 21.6 Å². The Balaban J connectivity index is 2.71. The fraction of sp³-hybridized carbons (Fsp3) is 0.500. The van der Waals surface area contributed by atoms with Crippen molar-refractivity contribution in [3.8, 4) is 0 Å². The van der Waals surface area contributed by atoms with Gasteiger partial charge in [-0.05, 0) is 36.8 Å². The highest BCUT2D eigenvalue weighted by Crippen LogP contribution is 2.11. The number of hydrogen-bond donors (Lipinski definition) is 0. The van der Waals surface area contributed by atoms with E-state index in [1.54, 1.807) is 7.11 Å². The number of hydrogen-bond acceptors (Lipinski definition) is 2. The SMILES string of the molecule is CCc1ccc(C(CCCCBr)=NOC)cc1. The second-order valence-corrected chi connectivity index (χ2v) is 4.71. The molecule has 0 atom stereocenters. The Morgan fingerprint density at radius 2 is 1.94 bits per heavy atom. The molecular weight excluding hydrogens is 278 g/mol. The van der Waals surface area contributed by atoms with Crippen molar-refractivity contribution in [3.05, 3.63) is 35.4 Å². The molecule has 17 heavy (non-hydrogen) atoms. The van der Waals surface area contributed by atoms with Gasteiger partial charge in [0.05, 0.1) is 5.71 Å². The lowest BCUT2D eigenvalue weighted by molar-refractivity contribution is 0.212.